The molecule has 1 fully saturated rings. The van der Waals surface area contributed by atoms with Crippen molar-refractivity contribution < 1.29 is 4.79 Å². The van der Waals surface area contributed by atoms with E-state index in [1.807, 2.05) is 25.1 Å². The predicted octanol–water partition coefficient (Wildman–Crippen LogP) is 0.465. The number of hydrogen-bond acceptors (Lipinski definition) is 5. The average Bonchev–Trinajstić information content (AvgIpc) is 3.07. The third kappa shape index (κ3) is 3.80. The highest BCUT2D eigenvalue weighted by molar-refractivity contribution is 5.95. The molecule has 1 saturated heterocycles. The van der Waals surface area contributed by atoms with Gasteiger partial charge >= 0.3 is 0 Å². The summed E-state index contributed by atoms with van der Waals surface area (Å²) in [4.78, 5) is 19.2. The Balaban J connectivity index is 1.63. The van der Waals surface area contributed by atoms with E-state index in [0.717, 1.165) is 50.7 Å². The van der Waals surface area contributed by atoms with Gasteiger partial charge in [0.25, 0.3) is 5.91 Å². The molecule has 0 aromatic carbocycles. The predicted molar refractivity (Wildman–Crippen MR) is 92.4 cm³/mol. The fourth-order valence-corrected chi connectivity index (χ4v) is 2.94. The highest BCUT2D eigenvalue weighted by Gasteiger charge is 2.17. The number of piperazine rings is 1. The lowest BCUT2D eigenvalue weighted by Crippen LogP contribution is -2.46. The molecule has 0 spiro atoms. The molecule has 7 nitrogen and oxygen atoms in total. The Morgan fingerprint density at radius 1 is 1.33 bits per heavy atom. The monoisotopic (exact) mass is 328 g/mol. The zero-order chi connectivity index (χ0) is 16.8. The summed E-state index contributed by atoms with van der Waals surface area (Å²) in [5.41, 5.74) is 1.51. The second-order valence-corrected chi connectivity index (χ2v) is 5.81. The summed E-state index contributed by atoms with van der Waals surface area (Å²) in [6.07, 6.45) is 4.08. The number of nitrogens with zero attached hydrogens (tertiary/aromatic N) is 4. The van der Waals surface area contributed by atoms with Crippen LogP contribution in [0.2, 0.25) is 0 Å². The molecule has 0 bridgehead atoms. The Hall–Kier alpha value is -2.25. The summed E-state index contributed by atoms with van der Waals surface area (Å²) in [5.74, 6) is 0.665. The van der Waals surface area contributed by atoms with Crippen molar-refractivity contribution in [2.24, 2.45) is 0 Å². The topological polar surface area (TPSA) is 75.1 Å². The minimum atomic E-state index is -0.0656. The van der Waals surface area contributed by atoms with Crippen molar-refractivity contribution >= 4 is 5.91 Å². The standard InChI is InChI=1S/C17H24N6O/c1-2-15-14(13-21-23(15)16-5-3-4-6-19-16)17(24)20-9-12-22-10-7-18-8-11-22/h3-6,13,18H,2,7-12H2,1H3,(H,20,24). The molecule has 24 heavy (non-hydrogen) atoms. The molecule has 0 saturated carbocycles. The van der Waals surface area contributed by atoms with E-state index in [2.05, 4.69) is 25.6 Å². The highest BCUT2D eigenvalue weighted by atomic mass is 16.1. The van der Waals surface area contributed by atoms with E-state index < -0.39 is 0 Å². The van der Waals surface area contributed by atoms with Crippen LogP contribution in [0, 0.1) is 0 Å². The van der Waals surface area contributed by atoms with Gasteiger partial charge in [-0.2, -0.15) is 5.10 Å². The number of amides is 1. The van der Waals surface area contributed by atoms with Gasteiger partial charge in [0.05, 0.1) is 17.5 Å². The number of carbonyl (C=O) groups is 1. The molecule has 128 valence electrons. The number of aromatic nitrogens is 3. The van der Waals surface area contributed by atoms with Crippen LogP contribution in [-0.4, -0.2) is 64.8 Å². The molecule has 2 aromatic rings. The first-order valence-electron chi connectivity index (χ1n) is 8.49. The third-order valence-corrected chi connectivity index (χ3v) is 4.24. The molecular weight excluding hydrogens is 304 g/mol. The van der Waals surface area contributed by atoms with Crippen molar-refractivity contribution in [3.8, 4) is 5.82 Å². The van der Waals surface area contributed by atoms with Crippen LogP contribution in [0.15, 0.2) is 30.6 Å². The van der Waals surface area contributed by atoms with Gasteiger partial charge in [-0.05, 0) is 18.6 Å². The summed E-state index contributed by atoms with van der Waals surface area (Å²) < 4.78 is 1.74. The van der Waals surface area contributed by atoms with E-state index in [9.17, 15) is 4.79 Å². The second kappa shape index (κ2) is 8.03. The molecule has 3 heterocycles. The minimum absolute atomic E-state index is 0.0656. The molecule has 2 aromatic heterocycles. The molecule has 0 unspecified atom stereocenters. The van der Waals surface area contributed by atoms with Crippen molar-refractivity contribution in [2.75, 3.05) is 39.3 Å². The second-order valence-electron chi connectivity index (χ2n) is 5.81. The van der Waals surface area contributed by atoms with Gasteiger partial charge in [0, 0.05) is 45.5 Å². The Kier molecular flexibility index (Phi) is 5.55. The number of hydrogen-bond donors (Lipinski definition) is 2. The van der Waals surface area contributed by atoms with Crippen molar-refractivity contribution in [1.82, 2.24) is 30.3 Å². The highest BCUT2D eigenvalue weighted by Crippen LogP contribution is 2.14. The molecule has 1 aliphatic rings. The van der Waals surface area contributed by atoms with Crippen LogP contribution in [-0.2, 0) is 6.42 Å². The van der Waals surface area contributed by atoms with Gasteiger partial charge in [0.2, 0.25) is 0 Å². The minimum Gasteiger partial charge on any atom is -0.351 e. The maximum Gasteiger partial charge on any atom is 0.254 e. The summed E-state index contributed by atoms with van der Waals surface area (Å²) in [7, 11) is 0. The van der Waals surface area contributed by atoms with Crippen LogP contribution < -0.4 is 10.6 Å². The van der Waals surface area contributed by atoms with E-state index in [1.54, 1.807) is 17.1 Å². The quantitative estimate of drug-likeness (QED) is 0.806. The van der Waals surface area contributed by atoms with E-state index in [1.165, 1.54) is 0 Å². The SMILES string of the molecule is CCc1c(C(=O)NCCN2CCNCC2)cnn1-c1ccccn1. The summed E-state index contributed by atoms with van der Waals surface area (Å²) in [6, 6.07) is 5.66. The fraction of sp³-hybridized carbons (Fsp3) is 0.471. The third-order valence-electron chi connectivity index (χ3n) is 4.24. The van der Waals surface area contributed by atoms with Gasteiger partial charge in [-0.1, -0.05) is 13.0 Å². The first-order chi connectivity index (χ1) is 11.8. The summed E-state index contributed by atoms with van der Waals surface area (Å²) >= 11 is 0. The molecular formula is C17H24N6O. The zero-order valence-corrected chi connectivity index (χ0v) is 14.0. The molecule has 7 heteroatoms. The molecule has 0 atom stereocenters. The van der Waals surface area contributed by atoms with Crippen LogP contribution in [0.1, 0.15) is 23.0 Å². The van der Waals surface area contributed by atoms with Crippen LogP contribution >= 0.6 is 0 Å². The smallest absolute Gasteiger partial charge is 0.254 e. The van der Waals surface area contributed by atoms with Gasteiger partial charge in [-0.15, -0.1) is 0 Å². The molecule has 0 radical (unpaired) electrons. The lowest BCUT2D eigenvalue weighted by atomic mass is 10.2. The van der Waals surface area contributed by atoms with Gasteiger partial charge in [-0.25, -0.2) is 9.67 Å². The van der Waals surface area contributed by atoms with Crippen molar-refractivity contribution in [3.05, 3.63) is 41.9 Å². The first kappa shape index (κ1) is 16.6. The van der Waals surface area contributed by atoms with E-state index in [-0.39, 0.29) is 5.91 Å². The largest absolute Gasteiger partial charge is 0.351 e. The van der Waals surface area contributed by atoms with Crippen molar-refractivity contribution in [2.45, 2.75) is 13.3 Å². The number of carbonyl (C=O) groups excluding carboxylic acids is 1. The van der Waals surface area contributed by atoms with Gasteiger partial charge < -0.3 is 10.6 Å². The summed E-state index contributed by atoms with van der Waals surface area (Å²) in [5, 5.41) is 10.7. The zero-order valence-electron chi connectivity index (χ0n) is 14.0. The van der Waals surface area contributed by atoms with Gasteiger partial charge in [-0.3, -0.25) is 9.69 Å². The van der Waals surface area contributed by atoms with E-state index >= 15 is 0 Å². The van der Waals surface area contributed by atoms with Crippen molar-refractivity contribution in [1.29, 1.82) is 0 Å². The number of rotatable bonds is 6. The maximum absolute atomic E-state index is 12.5. The van der Waals surface area contributed by atoms with Crippen LogP contribution in [0.3, 0.4) is 0 Å². The first-order valence-corrected chi connectivity index (χ1v) is 8.49. The van der Waals surface area contributed by atoms with Crippen molar-refractivity contribution in [3.63, 3.8) is 0 Å². The molecule has 2 N–H and O–H groups in total. The Bertz CT molecular complexity index is 663. The van der Waals surface area contributed by atoms with Crippen LogP contribution in [0.25, 0.3) is 5.82 Å². The Morgan fingerprint density at radius 2 is 2.17 bits per heavy atom. The average molecular weight is 328 g/mol. The lowest BCUT2D eigenvalue weighted by molar-refractivity contribution is 0.0946. The Labute approximate surface area is 142 Å². The van der Waals surface area contributed by atoms with E-state index in [4.69, 9.17) is 0 Å². The van der Waals surface area contributed by atoms with Gasteiger partial charge in [0.15, 0.2) is 5.82 Å². The van der Waals surface area contributed by atoms with Gasteiger partial charge in [0.1, 0.15) is 0 Å². The number of pyridine rings is 1. The fourth-order valence-electron chi connectivity index (χ4n) is 2.94. The molecule has 1 aliphatic heterocycles. The number of nitrogens with one attached hydrogen (secondary N) is 2. The lowest BCUT2D eigenvalue weighted by Gasteiger charge is -2.27. The van der Waals surface area contributed by atoms with E-state index in [0.29, 0.717) is 12.1 Å². The summed E-state index contributed by atoms with van der Waals surface area (Å²) in [6.45, 7) is 7.66. The van der Waals surface area contributed by atoms with Crippen LogP contribution in [0.5, 0.6) is 0 Å². The normalized spacial score (nSPS) is 15.4. The molecule has 3 rings (SSSR count). The Morgan fingerprint density at radius 3 is 2.88 bits per heavy atom. The maximum atomic E-state index is 12.5. The molecule has 0 aliphatic carbocycles. The molecule has 1 amide bonds. The van der Waals surface area contributed by atoms with Crippen LogP contribution in [0.4, 0.5) is 0 Å².